The number of nitrogens with one attached hydrogen (secondary N) is 2. The molecule has 118 valence electrons. The number of hydrogen-bond donors (Lipinski definition) is 2. The summed E-state index contributed by atoms with van der Waals surface area (Å²) in [5.41, 5.74) is 0.669. The highest BCUT2D eigenvalue weighted by Gasteiger charge is 2.26. The molecule has 1 aromatic rings. The van der Waals surface area contributed by atoms with Crippen LogP contribution in [-0.2, 0) is 6.54 Å². The molecule has 2 N–H and O–H groups in total. The Balaban J connectivity index is 2.58. The zero-order chi connectivity index (χ0) is 15.7. The van der Waals surface area contributed by atoms with Gasteiger partial charge in [-0.05, 0) is 13.0 Å². The van der Waals surface area contributed by atoms with Gasteiger partial charge in [0.15, 0.2) is 5.96 Å². The van der Waals surface area contributed by atoms with E-state index in [1.54, 1.807) is 18.2 Å². The zero-order valence-electron chi connectivity index (χ0n) is 12.0. The Morgan fingerprint density at radius 1 is 1.33 bits per heavy atom. The molecular formula is C13H19F3N4O. The molecule has 0 spiro atoms. The van der Waals surface area contributed by atoms with Crippen LogP contribution < -0.4 is 15.4 Å². The fourth-order valence-electron chi connectivity index (χ4n) is 1.48. The van der Waals surface area contributed by atoms with Crippen molar-refractivity contribution in [3.05, 3.63) is 23.9 Å². The van der Waals surface area contributed by atoms with Crippen LogP contribution in [0.5, 0.6) is 5.88 Å². The second-order valence-electron chi connectivity index (χ2n) is 4.16. The van der Waals surface area contributed by atoms with Crippen molar-refractivity contribution in [2.24, 2.45) is 4.99 Å². The molecule has 0 atom stereocenters. The summed E-state index contributed by atoms with van der Waals surface area (Å²) in [6.07, 6.45) is -5.09. The standard InChI is InChI=1S/C13H19F3N4O/c1-3-17-12(18-8-7-13(14,15)16)19-9-10-5-4-6-11(20-10)21-2/h4-6H,3,7-9H2,1-2H3,(H2,17,18,19). The monoisotopic (exact) mass is 304 g/mol. The Kier molecular flexibility index (Phi) is 6.77. The van der Waals surface area contributed by atoms with E-state index in [4.69, 9.17) is 4.74 Å². The molecule has 1 heterocycles. The predicted molar refractivity (Wildman–Crippen MR) is 74.3 cm³/mol. The molecule has 1 aromatic heterocycles. The van der Waals surface area contributed by atoms with E-state index in [0.29, 0.717) is 24.1 Å². The van der Waals surface area contributed by atoms with Gasteiger partial charge in [0.05, 0.1) is 25.8 Å². The van der Waals surface area contributed by atoms with Crippen molar-refractivity contribution in [1.29, 1.82) is 0 Å². The molecule has 0 aromatic carbocycles. The topological polar surface area (TPSA) is 58.5 Å². The number of alkyl halides is 3. The number of pyridine rings is 1. The normalized spacial score (nSPS) is 12.1. The molecule has 0 aliphatic carbocycles. The molecule has 1 rings (SSSR count). The zero-order valence-corrected chi connectivity index (χ0v) is 12.0. The summed E-state index contributed by atoms with van der Waals surface area (Å²) < 4.78 is 41.3. The lowest BCUT2D eigenvalue weighted by atomic mass is 10.3. The lowest BCUT2D eigenvalue weighted by Crippen LogP contribution is -2.38. The van der Waals surface area contributed by atoms with Crippen LogP contribution in [0.15, 0.2) is 23.2 Å². The van der Waals surface area contributed by atoms with E-state index in [9.17, 15) is 13.2 Å². The van der Waals surface area contributed by atoms with Crippen molar-refractivity contribution >= 4 is 5.96 Å². The second kappa shape index (κ2) is 8.33. The van der Waals surface area contributed by atoms with E-state index in [0.717, 1.165) is 0 Å². The molecule has 0 bridgehead atoms. The number of rotatable bonds is 6. The van der Waals surface area contributed by atoms with Gasteiger partial charge in [0.1, 0.15) is 0 Å². The number of hydrogen-bond acceptors (Lipinski definition) is 3. The molecule has 8 heteroatoms. The SMILES string of the molecule is CCNC(=NCc1cccc(OC)n1)NCCC(F)(F)F. The Morgan fingerprint density at radius 2 is 2.10 bits per heavy atom. The van der Waals surface area contributed by atoms with Crippen molar-refractivity contribution in [3.8, 4) is 5.88 Å². The van der Waals surface area contributed by atoms with Gasteiger partial charge in [-0.2, -0.15) is 13.2 Å². The quantitative estimate of drug-likeness (QED) is 0.624. The van der Waals surface area contributed by atoms with Crippen molar-refractivity contribution in [2.45, 2.75) is 26.1 Å². The first-order chi connectivity index (χ1) is 9.94. The number of aliphatic imine (C=N–C) groups is 1. The van der Waals surface area contributed by atoms with Gasteiger partial charge in [0.2, 0.25) is 5.88 Å². The molecule has 0 radical (unpaired) electrons. The molecule has 0 saturated heterocycles. The maximum atomic E-state index is 12.1. The number of halogens is 3. The van der Waals surface area contributed by atoms with E-state index >= 15 is 0 Å². The lowest BCUT2D eigenvalue weighted by Gasteiger charge is -2.12. The highest BCUT2D eigenvalue weighted by atomic mass is 19.4. The van der Waals surface area contributed by atoms with Gasteiger partial charge in [0.25, 0.3) is 0 Å². The Hall–Kier alpha value is -1.99. The van der Waals surface area contributed by atoms with Gasteiger partial charge in [-0.15, -0.1) is 0 Å². The van der Waals surface area contributed by atoms with Gasteiger partial charge in [-0.3, -0.25) is 0 Å². The highest BCUT2D eigenvalue weighted by Crippen LogP contribution is 2.18. The summed E-state index contributed by atoms with van der Waals surface area (Å²) in [5.74, 6) is 0.795. The average Bonchev–Trinajstić information content (AvgIpc) is 2.43. The molecule has 0 saturated carbocycles. The van der Waals surface area contributed by atoms with Crippen molar-refractivity contribution in [1.82, 2.24) is 15.6 Å². The van der Waals surface area contributed by atoms with Gasteiger partial charge in [-0.25, -0.2) is 9.98 Å². The first kappa shape index (κ1) is 17.1. The molecule has 21 heavy (non-hydrogen) atoms. The fraction of sp³-hybridized carbons (Fsp3) is 0.538. The summed E-state index contributed by atoms with van der Waals surface area (Å²) in [6, 6.07) is 5.26. The van der Waals surface area contributed by atoms with Crippen LogP contribution in [0, 0.1) is 0 Å². The minimum Gasteiger partial charge on any atom is -0.481 e. The maximum Gasteiger partial charge on any atom is 0.390 e. The predicted octanol–water partition coefficient (Wildman–Crippen LogP) is 2.10. The summed E-state index contributed by atoms with van der Waals surface area (Å²) in [4.78, 5) is 8.37. The summed E-state index contributed by atoms with van der Waals surface area (Å²) in [7, 11) is 1.51. The summed E-state index contributed by atoms with van der Waals surface area (Å²) in [5, 5.41) is 5.52. The second-order valence-corrected chi connectivity index (χ2v) is 4.16. The van der Waals surface area contributed by atoms with E-state index in [1.807, 2.05) is 6.92 Å². The smallest absolute Gasteiger partial charge is 0.390 e. The maximum absolute atomic E-state index is 12.1. The van der Waals surface area contributed by atoms with Gasteiger partial charge < -0.3 is 15.4 Å². The Labute approximate surface area is 121 Å². The first-order valence-corrected chi connectivity index (χ1v) is 6.53. The highest BCUT2D eigenvalue weighted by molar-refractivity contribution is 5.79. The van der Waals surface area contributed by atoms with E-state index in [1.165, 1.54) is 7.11 Å². The molecule has 0 unspecified atom stereocenters. The number of ether oxygens (including phenoxy) is 1. The molecule has 5 nitrogen and oxygen atoms in total. The van der Waals surface area contributed by atoms with E-state index in [-0.39, 0.29) is 13.1 Å². The van der Waals surface area contributed by atoms with Crippen LogP contribution in [0.3, 0.4) is 0 Å². The third-order valence-corrected chi connectivity index (χ3v) is 2.43. The molecule has 0 aliphatic heterocycles. The van der Waals surface area contributed by atoms with Crippen molar-refractivity contribution in [3.63, 3.8) is 0 Å². The minimum absolute atomic E-state index is 0.221. The molecular weight excluding hydrogens is 285 g/mol. The third-order valence-electron chi connectivity index (χ3n) is 2.43. The van der Waals surface area contributed by atoms with Gasteiger partial charge >= 0.3 is 6.18 Å². The van der Waals surface area contributed by atoms with E-state index in [2.05, 4.69) is 20.6 Å². The Bertz CT molecular complexity index is 463. The van der Waals surface area contributed by atoms with Crippen LogP contribution in [0.25, 0.3) is 0 Å². The van der Waals surface area contributed by atoms with Gasteiger partial charge in [0, 0.05) is 19.2 Å². The van der Waals surface area contributed by atoms with Crippen LogP contribution >= 0.6 is 0 Å². The van der Waals surface area contributed by atoms with Crippen molar-refractivity contribution < 1.29 is 17.9 Å². The molecule has 0 amide bonds. The number of nitrogens with zero attached hydrogens (tertiary/aromatic N) is 2. The molecule has 0 aliphatic rings. The fourth-order valence-corrected chi connectivity index (χ4v) is 1.48. The minimum atomic E-state index is -4.18. The van der Waals surface area contributed by atoms with Gasteiger partial charge in [-0.1, -0.05) is 6.07 Å². The third kappa shape index (κ3) is 7.38. The van der Waals surface area contributed by atoms with Crippen LogP contribution in [-0.4, -0.2) is 37.3 Å². The molecule has 0 fully saturated rings. The largest absolute Gasteiger partial charge is 0.481 e. The van der Waals surface area contributed by atoms with Crippen LogP contribution in [0.1, 0.15) is 19.0 Å². The van der Waals surface area contributed by atoms with Crippen LogP contribution in [0.2, 0.25) is 0 Å². The first-order valence-electron chi connectivity index (χ1n) is 6.53. The van der Waals surface area contributed by atoms with E-state index < -0.39 is 12.6 Å². The average molecular weight is 304 g/mol. The van der Waals surface area contributed by atoms with Crippen LogP contribution in [0.4, 0.5) is 13.2 Å². The number of methoxy groups -OCH3 is 1. The number of guanidine groups is 1. The van der Waals surface area contributed by atoms with Crippen molar-refractivity contribution in [2.75, 3.05) is 20.2 Å². The summed E-state index contributed by atoms with van der Waals surface area (Å²) >= 11 is 0. The Morgan fingerprint density at radius 3 is 2.71 bits per heavy atom. The summed E-state index contributed by atoms with van der Waals surface area (Å²) in [6.45, 7) is 2.42. The number of aromatic nitrogens is 1. The lowest BCUT2D eigenvalue weighted by molar-refractivity contribution is -0.132.